The Kier molecular flexibility index (Phi) is 5.57. The average Bonchev–Trinajstić information content (AvgIpc) is 2.43. The van der Waals surface area contributed by atoms with Crippen LogP contribution in [0.25, 0.3) is 0 Å². The van der Waals surface area contributed by atoms with Crippen LogP contribution in [0.3, 0.4) is 0 Å². The normalized spacial score (nSPS) is 13.7. The molecule has 0 radical (unpaired) electrons. The van der Waals surface area contributed by atoms with E-state index in [1.54, 1.807) is 20.9 Å². The van der Waals surface area contributed by atoms with Crippen LogP contribution in [0.4, 0.5) is 0 Å². The summed E-state index contributed by atoms with van der Waals surface area (Å²) in [7, 11) is 1.73. The number of rotatable bonds is 6. The molecule has 0 aliphatic carbocycles. The predicted molar refractivity (Wildman–Crippen MR) is 80.2 cm³/mol. The Labute approximate surface area is 121 Å². The van der Waals surface area contributed by atoms with Gasteiger partial charge in [0.15, 0.2) is 0 Å². The van der Waals surface area contributed by atoms with Gasteiger partial charge in [0.25, 0.3) is 0 Å². The van der Waals surface area contributed by atoms with E-state index in [-0.39, 0.29) is 12.6 Å². The van der Waals surface area contributed by atoms with Gasteiger partial charge in [-0.25, -0.2) is 4.79 Å². The maximum atomic E-state index is 12.0. The summed E-state index contributed by atoms with van der Waals surface area (Å²) in [6.07, 6.45) is 0. The van der Waals surface area contributed by atoms with E-state index in [9.17, 15) is 4.79 Å². The minimum Gasteiger partial charge on any atom is -0.490 e. The van der Waals surface area contributed by atoms with Crippen molar-refractivity contribution in [3.05, 3.63) is 28.8 Å². The number of benzene rings is 1. The van der Waals surface area contributed by atoms with Crippen LogP contribution in [0.5, 0.6) is 5.75 Å². The van der Waals surface area contributed by atoms with E-state index in [0.29, 0.717) is 6.61 Å². The fourth-order valence-corrected chi connectivity index (χ4v) is 1.89. The quantitative estimate of drug-likeness (QED) is 0.813. The number of aryl methyl sites for hydroxylation is 2. The van der Waals surface area contributed by atoms with Crippen LogP contribution in [-0.4, -0.2) is 31.8 Å². The standard InChI is InChI=1S/C16H25NO3/c1-7-19-15(18)16(5,17-6)10-20-14-12(3)9-8-11(2)13(14)4/h8-9,17H,7,10H2,1-6H3. The number of carbonyl (C=O) groups excluding carboxylic acids is 1. The van der Waals surface area contributed by atoms with Crippen molar-refractivity contribution in [3.63, 3.8) is 0 Å². The fourth-order valence-electron chi connectivity index (χ4n) is 1.89. The van der Waals surface area contributed by atoms with Crippen molar-refractivity contribution in [1.82, 2.24) is 5.32 Å². The number of nitrogens with one attached hydrogen (secondary N) is 1. The lowest BCUT2D eigenvalue weighted by molar-refractivity contribution is -0.151. The second-order valence-electron chi connectivity index (χ2n) is 5.24. The molecule has 4 heteroatoms. The van der Waals surface area contributed by atoms with Crippen LogP contribution < -0.4 is 10.1 Å². The minimum absolute atomic E-state index is 0.230. The summed E-state index contributed by atoms with van der Waals surface area (Å²) >= 11 is 0. The largest absolute Gasteiger partial charge is 0.490 e. The van der Waals surface area contributed by atoms with Crippen LogP contribution in [0, 0.1) is 20.8 Å². The number of ether oxygens (including phenoxy) is 2. The van der Waals surface area contributed by atoms with Crippen molar-refractivity contribution in [2.24, 2.45) is 0 Å². The highest BCUT2D eigenvalue weighted by Gasteiger charge is 2.34. The highest BCUT2D eigenvalue weighted by Crippen LogP contribution is 2.26. The van der Waals surface area contributed by atoms with Gasteiger partial charge in [0.1, 0.15) is 17.9 Å². The molecule has 1 atom stereocenters. The molecule has 0 heterocycles. The zero-order chi connectivity index (χ0) is 15.3. The summed E-state index contributed by atoms with van der Waals surface area (Å²) in [5, 5.41) is 2.99. The molecule has 112 valence electrons. The van der Waals surface area contributed by atoms with Gasteiger partial charge in [-0.1, -0.05) is 12.1 Å². The molecule has 0 amide bonds. The van der Waals surface area contributed by atoms with E-state index in [1.807, 2.05) is 26.8 Å². The maximum Gasteiger partial charge on any atom is 0.329 e. The second-order valence-corrected chi connectivity index (χ2v) is 5.24. The van der Waals surface area contributed by atoms with Crippen molar-refractivity contribution in [3.8, 4) is 5.75 Å². The summed E-state index contributed by atoms with van der Waals surface area (Å²) in [6.45, 7) is 10.2. The summed E-state index contributed by atoms with van der Waals surface area (Å²) in [4.78, 5) is 12.0. The highest BCUT2D eigenvalue weighted by molar-refractivity contribution is 5.80. The molecule has 1 rings (SSSR count). The number of hydrogen-bond acceptors (Lipinski definition) is 4. The summed E-state index contributed by atoms with van der Waals surface area (Å²) in [5.41, 5.74) is 2.49. The van der Waals surface area contributed by atoms with E-state index in [0.717, 1.165) is 16.9 Å². The van der Waals surface area contributed by atoms with Gasteiger partial charge in [-0.15, -0.1) is 0 Å². The number of esters is 1. The molecule has 0 saturated carbocycles. The molecule has 0 aromatic heterocycles. The maximum absolute atomic E-state index is 12.0. The van der Waals surface area contributed by atoms with Crippen molar-refractivity contribution in [2.75, 3.05) is 20.3 Å². The first-order valence-electron chi connectivity index (χ1n) is 6.91. The Morgan fingerprint density at radius 1 is 1.25 bits per heavy atom. The molecule has 0 bridgehead atoms. The Morgan fingerprint density at radius 3 is 2.40 bits per heavy atom. The smallest absolute Gasteiger partial charge is 0.329 e. The van der Waals surface area contributed by atoms with Gasteiger partial charge < -0.3 is 14.8 Å². The molecule has 0 spiro atoms. The van der Waals surface area contributed by atoms with E-state index >= 15 is 0 Å². The van der Waals surface area contributed by atoms with Gasteiger partial charge in [-0.05, 0) is 58.4 Å². The zero-order valence-electron chi connectivity index (χ0n) is 13.3. The topological polar surface area (TPSA) is 47.6 Å². The third kappa shape index (κ3) is 3.51. The van der Waals surface area contributed by atoms with E-state index in [2.05, 4.69) is 11.4 Å². The van der Waals surface area contributed by atoms with Crippen LogP contribution >= 0.6 is 0 Å². The summed E-state index contributed by atoms with van der Waals surface area (Å²) < 4.78 is 11.0. The van der Waals surface area contributed by atoms with Gasteiger partial charge in [-0.3, -0.25) is 0 Å². The second kappa shape index (κ2) is 6.75. The van der Waals surface area contributed by atoms with Gasteiger partial charge >= 0.3 is 5.97 Å². The molecule has 1 N–H and O–H groups in total. The van der Waals surface area contributed by atoms with Crippen LogP contribution in [-0.2, 0) is 9.53 Å². The van der Waals surface area contributed by atoms with E-state index < -0.39 is 5.54 Å². The first-order chi connectivity index (χ1) is 9.35. The SMILES string of the molecule is CCOC(=O)C(C)(COc1c(C)ccc(C)c1C)NC. The lowest BCUT2D eigenvalue weighted by Gasteiger charge is -2.27. The molecule has 1 aromatic carbocycles. The summed E-state index contributed by atoms with van der Waals surface area (Å²) in [6, 6.07) is 4.10. The van der Waals surface area contributed by atoms with Gasteiger partial charge in [0.05, 0.1) is 6.61 Å². The van der Waals surface area contributed by atoms with Gasteiger partial charge in [-0.2, -0.15) is 0 Å². The van der Waals surface area contributed by atoms with E-state index in [1.165, 1.54) is 5.56 Å². The van der Waals surface area contributed by atoms with Crippen LogP contribution in [0.1, 0.15) is 30.5 Å². The van der Waals surface area contributed by atoms with Crippen molar-refractivity contribution >= 4 is 5.97 Å². The highest BCUT2D eigenvalue weighted by atomic mass is 16.5. The van der Waals surface area contributed by atoms with Gasteiger partial charge in [0, 0.05) is 0 Å². The van der Waals surface area contributed by atoms with E-state index in [4.69, 9.17) is 9.47 Å². The average molecular weight is 279 g/mol. The predicted octanol–water partition coefficient (Wildman–Crippen LogP) is 2.53. The Bertz CT molecular complexity index is 485. The Morgan fingerprint density at radius 2 is 1.85 bits per heavy atom. The van der Waals surface area contributed by atoms with Crippen molar-refractivity contribution in [1.29, 1.82) is 0 Å². The van der Waals surface area contributed by atoms with Crippen molar-refractivity contribution < 1.29 is 14.3 Å². The Balaban J connectivity index is 2.89. The molecule has 1 aromatic rings. The first kappa shape index (κ1) is 16.5. The molecule has 0 fully saturated rings. The van der Waals surface area contributed by atoms with Crippen LogP contribution in [0.15, 0.2) is 12.1 Å². The molecule has 0 aliphatic rings. The molecule has 4 nitrogen and oxygen atoms in total. The zero-order valence-corrected chi connectivity index (χ0v) is 13.3. The number of likely N-dealkylation sites (N-methyl/N-ethyl adjacent to an activating group) is 1. The summed E-state index contributed by atoms with van der Waals surface area (Å²) in [5.74, 6) is 0.543. The molecule has 0 saturated heterocycles. The molecular weight excluding hydrogens is 254 g/mol. The molecule has 0 aliphatic heterocycles. The lowest BCUT2D eigenvalue weighted by atomic mass is 10.0. The van der Waals surface area contributed by atoms with Crippen molar-refractivity contribution in [2.45, 2.75) is 40.2 Å². The van der Waals surface area contributed by atoms with Crippen LogP contribution in [0.2, 0.25) is 0 Å². The number of carbonyl (C=O) groups is 1. The first-order valence-corrected chi connectivity index (χ1v) is 6.91. The molecule has 20 heavy (non-hydrogen) atoms. The molecular formula is C16H25NO3. The third-order valence-electron chi connectivity index (χ3n) is 3.66. The third-order valence-corrected chi connectivity index (χ3v) is 3.66. The molecule has 1 unspecified atom stereocenters. The Hall–Kier alpha value is -1.55. The monoisotopic (exact) mass is 279 g/mol. The minimum atomic E-state index is -0.849. The number of hydrogen-bond donors (Lipinski definition) is 1. The lowest BCUT2D eigenvalue weighted by Crippen LogP contribution is -2.53. The van der Waals surface area contributed by atoms with Gasteiger partial charge in [0.2, 0.25) is 0 Å². The fraction of sp³-hybridized carbons (Fsp3) is 0.562.